The Balaban J connectivity index is 4.26. The van der Waals surface area contributed by atoms with Crippen molar-refractivity contribution in [1.82, 2.24) is 5.32 Å². The second-order valence-electron chi connectivity index (χ2n) is 5.05. The van der Waals surface area contributed by atoms with Crippen LogP contribution in [-0.4, -0.2) is 29.7 Å². The summed E-state index contributed by atoms with van der Waals surface area (Å²) in [4.78, 5) is 11.9. The zero-order chi connectivity index (χ0) is 12.8. The van der Waals surface area contributed by atoms with Crippen molar-refractivity contribution in [3.8, 4) is 0 Å². The van der Waals surface area contributed by atoms with Crippen molar-refractivity contribution in [2.45, 2.75) is 52.6 Å². The van der Waals surface area contributed by atoms with E-state index in [1.54, 1.807) is 6.92 Å². The van der Waals surface area contributed by atoms with Gasteiger partial charge in [-0.25, -0.2) is 0 Å². The maximum Gasteiger partial charge on any atom is 0.227 e. The minimum absolute atomic E-state index is 0.0751. The van der Waals surface area contributed by atoms with E-state index < -0.39 is 11.0 Å². The highest BCUT2D eigenvalue weighted by atomic mass is 16.3. The van der Waals surface area contributed by atoms with Crippen molar-refractivity contribution < 1.29 is 9.90 Å². The van der Waals surface area contributed by atoms with Crippen molar-refractivity contribution in [1.29, 1.82) is 0 Å². The fourth-order valence-electron chi connectivity index (χ4n) is 1.51. The predicted molar refractivity (Wildman–Crippen MR) is 66.0 cm³/mol. The van der Waals surface area contributed by atoms with E-state index in [0.717, 1.165) is 6.42 Å². The highest BCUT2D eigenvalue weighted by molar-refractivity contribution is 5.82. The van der Waals surface area contributed by atoms with Crippen LogP contribution >= 0.6 is 0 Å². The fourth-order valence-corrected chi connectivity index (χ4v) is 1.51. The Hall–Kier alpha value is -0.610. The second-order valence-corrected chi connectivity index (χ2v) is 5.05. The average Bonchev–Trinajstić information content (AvgIpc) is 2.24. The molecule has 0 radical (unpaired) electrons. The molecule has 0 aliphatic heterocycles. The van der Waals surface area contributed by atoms with E-state index in [0.29, 0.717) is 19.4 Å². The number of aliphatic hydroxyl groups is 1. The number of nitrogens with one attached hydrogen (secondary N) is 1. The van der Waals surface area contributed by atoms with E-state index in [9.17, 15) is 9.90 Å². The third kappa shape index (κ3) is 4.49. The number of carbonyl (C=O) groups excluding carboxylic acids is 1. The van der Waals surface area contributed by atoms with Crippen molar-refractivity contribution in [3.63, 3.8) is 0 Å². The molecule has 1 amide bonds. The molecule has 4 nitrogen and oxygen atoms in total. The van der Waals surface area contributed by atoms with Gasteiger partial charge in [-0.15, -0.1) is 0 Å². The number of hydrogen-bond acceptors (Lipinski definition) is 3. The summed E-state index contributed by atoms with van der Waals surface area (Å²) in [6.07, 6.45) is 2.27. The van der Waals surface area contributed by atoms with E-state index >= 15 is 0 Å². The lowest BCUT2D eigenvalue weighted by atomic mass is 9.86. The van der Waals surface area contributed by atoms with E-state index in [-0.39, 0.29) is 12.5 Å². The SMILES string of the molecule is CCCC(C)(O)CNC(=O)C(C)(CC)CN. The van der Waals surface area contributed by atoms with Gasteiger partial charge in [0.15, 0.2) is 0 Å². The molecule has 0 saturated heterocycles. The molecular formula is C12H26N2O2. The molecule has 0 fully saturated rings. The van der Waals surface area contributed by atoms with E-state index in [1.807, 2.05) is 20.8 Å². The summed E-state index contributed by atoms with van der Waals surface area (Å²) in [5.41, 5.74) is 4.24. The quantitative estimate of drug-likeness (QED) is 0.611. The highest BCUT2D eigenvalue weighted by Crippen LogP contribution is 2.19. The standard InChI is InChI=1S/C12H26N2O2/c1-5-7-12(4,16)9-14-10(15)11(3,6-2)8-13/h16H,5-9,13H2,1-4H3,(H,14,15). The molecule has 0 heterocycles. The normalized spacial score (nSPS) is 18.6. The molecule has 0 bridgehead atoms. The second kappa shape index (κ2) is 6.21. The summed E-state index contributed by atoms with van der Waals surface area (Å²) in [5, 5.41) is 12.7. The maximum absolute atomic E-state index is 11.9. The highest BCUT2D eigenvalue weighted by Gasteiger charge is 2.31. The Bertz CT molecular complexity index is 223. The molecule has 2 unspecified atom stereocenters. The number of amides is 1. The molecule has 2 atom stereocenters. The van der Waals surface area contributed by atoms with Gasteiger partial charge in [0.2, 0.25) is 5.91 Å². The molecule has 96 valence electrons. The third-order valence-corrected chi connectivity index (χ3v) is 3.20. The summed E-state index contributed by atoms with van der Waals surface area (Å²) in [7, 11) is 0. The van der Waals surface area contributed by atoms with Gasteiger partial charge >= 0.3 is 0 Å². The van der Waals surface area contributed by atoms with Crippen LogP contribution in [0.3, 0.4) is 0 Å². The van der Waals surface area contributed by atoms with Crippen LogP contribution in [-0.2, 0) is 4.79 Å². The molecule has 16 heavy (non-hydrogen) atoms. The number of carbonyl (C=O) groups is 1. The predicted octanol–water partition coefficient (Wildman–Crippen LogP) is 1.03. The number of nitrogens with two attached hydrogens (primary N) is 1. The van der Waals surface area contributed by atoms with Gasteiger partial charge in [0, 0.05) is 13.1 Å². The van der Waals surface area contributed by atoms with E-state index in [4.69, 9.17) is 5.73 Å². The van der Waals surface area contributed by atoms with Gasteiger partial charge in [-0.2, -0.15) is 0 Å². The van der Waals surface area contributed by atoms with Gasteiger partial charge in [-0.3, -0.25) is 4.79 Å². The lowest BCUT2D eigenvalue weighted by molar-refractivity contribution is -0.131. The summed E-state index contributed by atoms with van der Waals surface area (Å²) in [6, 6.07) is 0. The molecule has 0 aliphatic rings. The number of rotatable bonds is 7. The summed E-state index contributed by atoms with van der Waals surface area (Å²) in [6.45, 7) is 8.14. The molecule has 0 aliphatic carbocycles. The molecular weight excluding hydrogens is 204 g/mol. The first-order valence-electron chi connectivity index (χ1n) is 6.02. The Morgan fingerprint density at radius 3 is 2.31 bits per heavy atom. The molecule has 4 N–H and O–H groups in total. The first-order chi connectivity index (χ1) is 7.31. The summed E-state index contributed by atoms with van der Waals surface area (Å²) >= 11 is 0. The van der Waals surface area contributed by atoms with Crippen molar-refractivity contribution in [2.75, 3.05) is 13.1 Å². The Morgan fingerprint density at radius 1 is 1.38 bits per heavy atom. The van der Waals surface area contributed by atoms with Crippen LogP contribution in [0.15, 0.2) is 0 Å². The fraction of sp³-hybridized carbons (Fsp3) is 0.917. The molecule has 0 saturated carbocycles. The minimum Gasteiger partial charge on any atom is -0.388 e. The van der Waals surface area contributed by atoms with E-state index in [1.165, 1.54) is 0 Å². The van der Waals surface area contributed by atoms with Gasteiger partial charge in [0.05, 0.1) is 11.0 Å². The Morgan fingerprint density at radius 2 is 1.94 bits per heavy atom. The van der Waals surface area contributed by atoms with Gasteiger partial charge in [0.25, 0.3) is 0 Å². The molecule has 4 heteroatoms. The monoisotopic (exact) mass is 230 g/mol. The third-order valence-electron chi connectivity index (χ3n) is 3.20. The molecule has 0 spiro atoms. The van der Waals surface area contributed by atoms with Crippen molar-refractivity contribution >= 4 is 5.91 Å². The van der Waals surface area contributed by atoms with E-state index in [2.05, 4.69) is 5.32 Å². The minimum atomic E-state index is -0.826. The summed E-state index contributed by atoms with van der Waals surface area (Å²) < 4.78 is 0. The van der Waals surface area contributed by atoms with Crippen LogP contribution in [0.4, 0.5) is 0 Å². The topological polar surface area (TPSA) is 75.3 Å². The van der Waals surface area contributed by atoms with Crippen LogP contribution in [0.25, 0.3) is 0 Å². The van der Waals surface area contributed by atoms with Crippen molar-refractivity contribution in [2.24, 2.45) is 11.1 Å². The first kappa shape index (κ1) is 15.4. The molecule has 0 aromatic heterocycles. The van der Waals surface area contributed by atoms with Crippen LogP contribution < -0.4 is 11.1 Å². The van der Waals surface area contributed by atoms with Crippen LogP contribution in [0, 0.1) is 5.41 Å². The summed E-state index contributed by atoms with van der Waals surface area (Å²) in [5.74, 6) is -0.0751. The average molecular weight is 230 g/mol. The lowest BCUT2D eigenvalue weighted by Gasteiger charge is -2.28. The maximum atomic E-state index is 11.9. The lowest BCUT2D eigenvalue weighted by Crippen LogP contribution is -2.48. The van der Waals surface area contributed by atoms with Gasteiger partial charge < -0.3 is 16.2 Å². The smallest absolute Gasteiger partial charge is 0.227 e. The van der Waals surface area contributed by atoms with Gasteiger partial charge in [-0.05, 0) is 26.7 Å². The molecule has 0 rings (SSSR count). The largest absolute Gasteiger partial charge is 0.388 e. The van der Waals surface area contributed by atoms with Crippen LogP contribution in [0.1, 0.15) is 47.0 Å². The number of hydrogen-bond donors (Lipinski definition) is 3. The van der Waals surface area contributed by atoms with Crippen molar-refractivity contribution in [3.05, 3.63) is 0 Å². The van der Waals surface area contributed by atoms with Gasteiger partial charge in [-0.1, -0.05) is 20.3 Å². The zero-order valence-corrected chi connectivity index (χ0v) is 11.0. The van der Waals surface area contributed by atoms with Crippen LogP contribution in [0.5, 0.6) is 0 Å². The van der Waals surface area contributed by atoms with Gasteiger partial charge in [0.1, 0.15) is 0 Å². The Kier molecular flexibility index (Phi) is 5.97. The first-order valence-corrected chi connectivity index (χ1v) is 6.02. The van der Waals surface area contributed by atoms with Crippen LogP contribution in [0.2, 0.25) is 0 Å². The molecule has 0 aromatic carbocycles. The Labute approximate surface area is 98.6 Å². The zero-order valence-electron chi connectivity index (χ0n) is 11.0. The molecule has 0 aromatic rings.